The highest BCUT2D eigenvalue weighted by Crippen LogP contribution is 2.38. The first-order valence-corrected chi connectivity index (χ1v) is 6.38. The topological polar surface area (TPSA) is 57.6 Å². The van der Waals surface area contributed by atoms with Crippen molar-refractivity contribution in [3.63, 3.8) is 0 Å². The van der Waals surface area contributed by atoms with Gasteiger partial charge in [0, 0.05) is 6.04 Å². The molecule has 0 unspecified atom stereocenters. The van der Waals surface area contributed by atoms with E-state index in [0.29, 0.717) is 5.56 Å². The molecule has 1 aromatic carbocycles. The minimum Gasteiger partial charge on any atom is -0.506 e. The van der Waals surface area contributed by atoms with Crippen LogP contribution < -0.4 is 0 Å². The van der Waals surface area contributed by atoms with Crippen molar-refractivity contribution >= 4 is 23.4 Å². The molecule has 1 saturated carbocycles. The second-order valence-corrected chi connectivity index (χ2v) is 5.12. The summed E-state index contributed by atoms with van der Waals surface area (Å²) < 4.78 is 0. The summed E-state index contributed by atoms with van der Waals surface area (Å²) in [4.78, 5) is 25.8. The zero-order chi connectivity index (χ0) is 12.9. The van der Waals surface area contributed by atoms with E-state index < -0.39 is 0 Å². The normalized spacial score (nSPS) is 19.7. The number of hydrogen-bond acceptors (Lipinski definition) is 3. The summed E-state index contributed by atoms with van der Waals surface area (Å²) in [5, 5.41) is 9.50. The third-order valence-corrected chi connectivity index (χ3v) is 4.08. The van der Waals surface area contributed by atoms with Crippen LogP contribution in [-0.4, -0.2) is 27.9 Å². The van der Waals surface area contributed by atoms with E-state index in [9.17, 15) is 14.7 Å². The lowest BCUT2D eigenvalue weighted by molar-refractivity contribution is 0.0588. The summed E-state index contributed by atoms with van der Waals surface area (Å²) in [7, 11) is 0. The molecule has 1 aromatic rings. The Bertz CT molecular complexity index is 549. The third-order valence-electron chi connectivity index (χ3n) is 3.69. The van der Waals surface area contributed by atoms with Crippen molar-refractivity contribution in [1.82, 2.24) is 4.90 Å². The van der Waals surface area contributed by atoms with Gasteiger partial charge in [-0.05, 0) is 25.0 Å². The molecule has 4 nitrogen and oxygen atoms in total. The molecule has 1 aliphatic heterocycles. The van der Waals surface area contributed by atoms with Crippen molar-refractivity contribution in [1.29, 1.82) is 0 Å². The summed E-state index contributed by atoms with van der Waals surface area (Å²) in [5.41, 5.74) is 0.447. The molecule has 5 heteroatoms. The predicted molar refractivity (Wildman–Crippen MR) is 65.9 cm³/mol. The van der Waals surface area contributed by atoms with Crippen molar-refractivity contribution in [3.8, 4) is 5.75 Å². The van der Waals surface area contributed by atoms with Gasteiger partial charge in [0.2, 0.25) is 0 Å². The standard InChI is InChI=1S/C13H12ClNO3/c14-11-9(16)6-5-8-10(11)13(18)15(12(8)17)7-3-1-2-4-7/h5-7,16H,1-4H2. The molecule has 0 spiro atoms. The van der Waals surface area contributed by atoms with Gasteiger partial charge < -0.3 is 5.11 Å². The van der Waals surface area contributed by atoms with E-state index >= 15 is 0 Å². The number of amides is 2. The number of fused-ring (bicyclic) bond motifs is 1. The molecule has 3 rings (SSSR count). The Labute approximate surface area is 109 Å². The summed E-state index contributed by atoms with van der Waals surface area (Å²) in [6.45, 7) is 0. The molecule has 1 N–H and O–H groups in total. The number of hydrogen-bond donors (Lipinski definition) is 1. The van der Waals surface area contributed by atoms with Crippen LogP contribution in [0.5, 0.6) is 5.75 Å². The molecule has 0 atom stereocenters. The van der Waals surface area contributed by atoms with Crippen LogP contribution in [-0.2, 0) is 0 Å². The zero-order valence-corrected chi connectivity index (χ0v) is 10.4. The first-order chi connectivity index (χ1) is 8.61. The first kappa shape index (κ1) is 11.5. The monoisotopic (exact) mass is 265 g/mol. The van der Waals surface area contributed by atoms with E-state index in [1.165, 1.54) is 17.0 Å². The fourth-order valence-corrected chi connectivity index (χ4v) is 3.03. The van der Waals surface area contributed by atoms with Gasteiger partial charge in [0.15, 0.2) is 0 Å². The van der Waals surface area contributed by atoms with Gasteiger partial charge in [-0.25, -0.2) is 0 Å². The van der Waals surface area contributed by atoms with Crippen LogP contribution in [0.3, 0.4) is 0 Å². The van der Waals surface area contributed by atoms with Gasteiger partial charge in [-0.3, -0.25) is 14.5 Å². The quantitative estimate of drug-likeness (QED) is 0.794. The maximum absolute atomic E-state index is 12.3. The van der Waals surface area contributed by atoms with E-state index in [0.717, 1.165) is 25.7 Å². The number of aromatic hydroxyl groups is 1. The molecule has 0 aromatic heterocycles. The van der Waals surface area contributed by atoms with Crippen molar-refractivity contribution in [3.05, 3.63) is 28.3 Å². The largest absolute Gasteiger partial charge is 0.506 e. The minimum atomic E-state index is -0.372. The van der Waals surface area contributed by atoms with Crippen LogP contribution in [0.2, 0.25) is 5.02 Å². The maximum Gasteiger partial charge on any atom is 0.263 e. The smallest absolute Gasteiger partial charge is 0.263 e. The molecular weight excluding hydrogens is 254 g/mol. The zero-order valence-electron chi connectivity index (χ0n) is 9.65. The van der Waals surface area contributed by atoms with E-state index in [1.807, 2.05) is 0 Å². The molecule has 1 aliphatic carbocycles. The van der Waals surface area contributed by atoms with Gasteiger partial charge in [0.25, 0.3) is 11.8 Å². The first-order valence-electron chi connectivity index (χ1n) is 6.00. The molecular formula is C13H12ClNO3. The van der Waals surface area contributed by atoms with Gasteiger partial charge in [0.1, 0.15) is 5.75 Å². The van der Waals surface area contributed by atoms with E-state index in [4.69, 9.17) is 11.6 Å². The fraction of sp³-hybridized carbons (Fsp3) is 0.385. The Kier molecular flexibility index (Phi) is 2.55. The van der Waals surface area contributed by atoms with Crippen LogP contribution in [0, 0.1) is 0 Å². The van der Waals surface area contributed by atoms with Crippen LogP contribution in [0.15, 0.2) is 12.1 Å². The fourth-order valence-electron chi connectivity index (χ4n) is 2.79. The number of rotatable bonds is 1. The molecule has 18 heavy (non-hydrogen) atoms. The summed E-state index contributed by atoms with van der Waals surface area (Å²) in [5.74, 6) is -0.823. The van der Waals surface area contributed by atoms with Gasteiger partial charge >= 0.3 is 0 Å². The Morgan fingerprint density at radius 1 is 1.17 bits per heavy atom. The van der Waals surface area contributed by atoms with Gasteiger partial charge in [-0.1, -0.05) is 24.4 Å². The lowest BCUT2D eigenvalue weighted by Gasteiger charge is -2.21. The second kappa shape index (κ2) is 3.99. The summed E-state index contributed by atoms with van der Waals surface area (Å²) in [6.07, 6.45) is 3.79. The van der Waals surface area contributed by atoms with Gasteiger partial charge in [-0.15, -0.1) is 0 Å². The highest BCUT2D eigenvalue weighted by atomic mass is 35.5. The number of halogens is 1. The average molecular weight is 266 g/mol. The molecule has 1 fully saturated rings. The van der Waals surface area contributed by atoms with E-state index in [2.05, 4.69) is 0 Å². The number of carbonyl (C=O) groups is 2. The molecule has 2 aliphatic rings. The number of phenols is 1. The van der Waals surface area contributed by atoms with E-state index in [1.54, 1.807) is 0 Å². The molecule has 0 saturated heterocycles. The van der Waals surface area contributed by atoms with Crippen LogP contribution in [0.1, 0.15) is 46.4 Å². The molecule has 94 valence electrons. The SMILES string of the molecule is O=C1c2ccc(O)c(Cl)c2C(=O)N1C1CCCC1. The number of nitrogens with zero attached hydrogens (tertiary/aromatic N) is 1. The number of imide groups is 1. The van der Waals surface area contributed by atoms with E-state index in [-0.39, 0.29) is 34.2 Å². The molecule has 2 amide bonds. The second-order valence-electron chi connectivity index (χ2n) is 4.74. The summed E-state index contributed by atoms with van der Waals surface area (Å²) >= 11 is 5.92. The minimum absolute atomic E-state index is 0.0180. The average Bonchev–Trinajstić information content (AvgIpc) is 2.92. The molecule has 0 bridgehead atoms. The lowest BCUT2D eigenvalue weighted by atomic mass is 10.1. The maximum atomic E-state index is 12.3. The number of carbonyl (C=O) groups excluding carboxylic acids is 2. The summed E-state index contributed by atoms with van der Waals surface area (Å²) in [6, 6.07) is 2.80. The van der Waals surface area contributed by atoms with Crippen LogP contribution in [0.4, 0.5) is 0 Å². The Balaban J connectivity index is 2.08. The van der Waals surface area contributed by atoms with Crippen molar-refractivity contribution in [2.24, 2.45) is 0 Å². The predicted octanol–water partition coefficient (Wildman–Crippen LogP) is 2.58. The van der Waals surface area contributed by atoms with Crippen molar-refractivity contribution in [2.75, 3.05) is 0 Å². The van der Waals surface area contributed by atoms with Crippen molar-refractivity contribution in [2.45, 2.75) is 31.7 Å². The Morgan fingerprint density at radius 2 is 1.83 bits per heavy atom. The highest BCUT2D eigenvalue weighted by molar-refractivity contribution is 6.38. The highest BCUT2D eigenvalue weighted by Gasteiger charge is 2.42. The third kappa shape index (κ3) is 1.45. The molecule has 0 radical (unpaired) electrons. The Morgan fingerprint density at radius 3 is 2.50 bits per heavy atom. The number of benzene rings is 1. The Hall–Kier alpha value is -1.55. The molecule has 1 heterocycles. The number of phenolic OH excluding ortho intramolecular Hbond substituents is 1. The van der Waals surface area contributed by atoms with Crippen molar-refractivity contribution < 1.29 is 14.7 Å². The van der Waals surface area contributed by atoms with Gasteiger partial charge in [-0.2, -0.15) is 0 Å². The van der Waals surface area contributed by atoms with Gasteiger partial charge in [0.05, 0.1) is 16.1 Å². The van der Waals surface area contributed by atoms with Crippen LogP contribution >= 0.6 is 11.6 Å². The van der Waals surface area contributed by atoms with Crippen LogP contribution in [0.25, 0.3) is 0 Å². The lowest BCUT2D eigenvalue weighted by Crippen LogP contribution is -2.38.